The molecule has 0 unspecified atom stereocenters. The monoisotopic (exact) mass is 296 g/mol. The first-order chi connectivity index (χ1) is 8.41. The normalized spacial score (nSPS) is 10.1. The van der Waals surface area contributed by atoms with Crippen molar-refractivity contribution in [2.75, 3.05) is 0 Å². The van der Waals surface area contributed by atoms with Crippen LogP contribution in [0.15, 0.2) is 0 Å². The molecule has 18 heavy (non-hydrogen) atoms. The molecule has 0 bridgehead atoms. The van der Waals surface area contributed by atoms with E-state index in [1.165, 1.54) is 77.0 Å². The molecule has 0 fully saturated rings. The molecular formula is C16H32FeO. The molecule has 0 atom stereocenters. The predicted octanol–water partition coefficient (Wildman–Crippen LogP) is 5.66. The van der Waals surface area contributed by atoms with Gasteiger partial charge >= 0.3 is 0 Å². The van der Waals surface area contributed by atoms with E-state index in [-0.39, 0.29) is 17.1 Å². The second-order valence-corrected chi connectivity index (χ2v) is 5.20. The molecule has 0 heterocycles. The van der Waals surface area contributed by atoms with Gasteiger partial charge in [-0.2, -0.15) is 0 Å². The van der Waals surface area contributed by atoms with Crippen molar-refractivity contribution in [3.63, 3.8) is 0 Å². The molecule has 0 rings (SSSR count). The van der Waals surface area contributed by atoms with E-state index in [1.807, 2.05) is 0 Å². The van der Waals surface area contributed by atoms with Crippen LogP contribution in [-0.2, 0) is 21.9 Å². The molecule has 0 amide bonds. The zero-order valence-corrected chi connectivity index (χ0v) is 13.3. The molecule has 0 aliphatic rings. The maximum atomic E-state index is 10.1. The number of aldehydes is 1. The Morgan fingerprint density at radius 1 is 0.611 bits per heavy atom. The second kappa shape index (κ2) is 19.5. The average Bonchev–Trinajstić information content (AvgIpc) is 2.35. The summed E-state index contributed by atoms with van der Waals surface area (Å²) in [6.07, 6.45) is 19.6. The maximum absolute atomic E-state index is 10.1. The van der Waals surface area contributed by atoms with E-state index in [4.69, 9.17) is 0 Å². The number of hydrogen-bond acceptors (Lipinski definition) is 1. The molecule has 0 aliphatic heterocycles. The van der Waals surface area contributed by atoms with E-state index in [9.17, 15) is 4.79 Å². The second-order valence-electron chi connectivity index (χ2n) is 5.20. The van der Waals surface area contributed by atoms with Crippen LogP contribution in [0.3, 0.4) is 0 Å². The first kappa shape index (κ1) is 20.5. The van der Waals surface area contributed by atoms with Gasteiger partial charge in [0, 0.05) is 23.5 Å². The van der Waals surface area contributed by atoms with Crippen LogP contribution in [0, 0.1) is 0 Å². The van der Waals surface area contributed by atoms with Gasteiger partial charge in [-0.15, -0.1) is 0 Å². The van der Waals surface area contributed by atoms with Crippen LogP contribution >= 0.6 is 0 Å². The van der Waals surface area contributed by atoms with Crippen LogP contribution in [0.4, 0.5) is 0 Å². The fourth-order valence-electron chi connectivity index (χ4n) is 2.25. The number of rotatable bonds is 14. The van der Waals surface area contributed by atoms with Crippen LogP contribution in [-0.4, -0.2) is 6.29 Å². The van der Waals surface area contributed by atoms with Gasteiger partial charge in [-0.05, 0) is 6.42 Å². The number of unbranched alkanes of at least 4 members (excludes halogenated alkanes) is 13. The van der Waals surface area contributed by atoms with Crippen molar-refractivity contribution < 1.29 is 21.9 Å². The summed E-state index contributed by atoms with van der Waals surface area (Å²) in [6, 6.07) is 0. The van der Waals surface area contributed by atoms with Crippen LogP contribution in [0.25, 0.3) is 0 Å². The first-order valence-electron chi connectivity index (χ1n) is 7.85. The summed E-state index contributed by atoms with van der Waals surface area (Å²) in [7, 11) is 0. The molecule has 0 aromatic heterocycles. The van der Waals surface area contributed by atoms with Gasteiger partial charge < -0.3 is 4.79 Å². The van der Waals surface area contributed by atoms with Gasteiger partial charge in [0.25, 0.3) is 0 Å². The minimum absolute atomic E-state index is 0. The van der Waals surface area contributed by atoms with E-state index in [2.05, 4.69) is 6.92 Å². The summed E-state index contributed by atoms with van der Waals surface area (Å²) >= 11 is 0. The standard InChI is InChI=1S/C16H32O.Fe/c1-2-3-4-5-6-7-8-9-10-11-12-13-14-15-16-17;/h16H,2-15H2,1H3;. The molecule has 0 aromatic carbocycles. The first-order valence-corrected chi connectivity index (χ1v) is 7.85. The zero-order chi connectivity index (χ0) is 12.6. The van der Waals surface area contributed by atoms with Crippen LogP contribution in [0.1, 0.15) is 96.8 Å². The van der Waals surface area contributed by atoms with Crippen LogP contribution in [0.2, 0.25) is 0 Å². The van der Waals surface area contributed by atoms with E-state index in [1.54, 1.807) is 0 Å². The summed E-state index contributed by atoms with van der Waals surface area (Å²) in [5.74, 6) is 0. The molecule has 1 nitrogen and oxygen atoms in total. The molecule has 0 saturated carbocycles. The minimum Gasteiger partial charge on any atom is -0.303 e. The molecule has 0 aliphatic carbocycles. The van der Waals surface area contributed by atoms with Gasteiger partial charge in [0.15, 0.2) is 0 Å². The molecule has 0 radical (unpaired) electrons. The molecular weight excluding hydrogens is 264 g/mol. The Hall–Kier alpha value is 0.189. The Kier molecular flexibility index (Phi) is 22.2. The van der Waals surface area contributed by atoms with E-state index in [0.717, 1.165) is 19.1 Å². The number of carbonyl (C=O) groups is 1. The van der Waals surface area contributed by atoms with E-state index < -0.39 is 0 Å². The SMILES string of the molecule is CCCCCCCCCCCCCCCC=O.[Fe]. The van der Waals surface area contributed by atoms with Gasteiger partial charge in [-0.25, -0.2) is 0 Å². The molecule has 110 valence electrons. The smallest absolute Gasteiger partial charge is 0.119 e. The van der Waals surface area contributed by atoms with Crippen molar-refractivity contribution in [3.8, 4) is 0 Å². The average molecular weight is 296 g/mol. The molecule has 0 aromatic rings. The minimum atomic E-state index is 0. The van der Waals surface area contributed by atoms with E-state index >= 15 is 0 Å². The van der Waals surface area contributed by atoms with Crippen molar-refractivity contribution in [3.05, 3.63) is 0 Å². The summed E-state index contributed by atoms with van der Waals surface area (Å²) < 4.78 is 0. The van der Waals surface area contributed by atoms with Crippen LogP contribution in [0.5, 0.6) is 0 Å². The summed E-state index contributed by atoms with van der Waals surface area (Å²) in [6.45, 7) is 2.27. The third kappa shape index (κ3) is 18.6. The third-order valence-corrected chi connectivity index (χ3v) is 3.43. The van der Waals surface area contributed by atoms with Crippen molar-refractivity contribution >= 4 is 6.29 Å². The van der Waals surface area contributed by atoms with Crippen molar-refractivity contribution in [2.24, 2.45) is 0 Å². The fourth-order valence-corrected chi connectivity index (χ4v) is 2.25. The summed E-state index contributed by atoms with van der Waals surface area (Å²) in [4.78, 5) is 10.1. The Labute approximate surface area is 125 Å². The van der Waals surface area contributed by atoms with Gasteiger partial charge in [0.2, 0.25) is 0 Å². The molecule has 0 spiro atoms. The Bertz CT molecular complexity index is 148. The van der Waals surface area contributed by atoms with E-state index in [0.29, 0.717) is 0 Å². The van der Waals surface area contributed by atoms with Gasteiger partial charge in [0.05, 0.1) is 0 Å². The molecule has 2 heteroatoms. The van der Waals surface area contributed by atoms with Gasteiger partial charge in [0.1, 0.15) is 6.29 Å². The maximum Gasteiger partial charge on any atom is 0.119 e. The van der Waals surface area contributed by atoms with Crippen molar-refractivity contribution in [1.82, 2.24) is 0 Å². The largest absolute Gasteiger partial charge is 0.303 e. The molecule has 0 saturated heterocycles. The third-order valence-electron chi connectivity index (χ3n) is 3.43. The fraction of sp³-hybridized carbons (Fsp3) is 0.938. The Morgan fingerprint density at radius 3 is 1.28 bits per heavy atom. The zero-order valence-electron chi connectivity index (χ0n) is 12.2. The number of hydrogen-bond donors (Lipinski definition) is 0. The molecule has 0 N–H and O–H groups in total. The summed E-state index contributed by atoms with van der Waals surface area (Å²) in [5.41, 5.74) is 0. The van der Waals surface area contributed by atoms with Gasteiger partial charge in [-0.3, -0.25) is 0 Å². The van der Waals surface area contributed by atoms with Crippen molar-refractivity contribution in [1.29, 1.82) is 0 Å². The topological polar surface area (TPSA) is 17.1 Å². The summed E-state index contributed by atoms with van der Waals surface area (Å²) in [5, 5.41) is 0. The predicted molar refractivity (Wildman–Crippen MR) is 76.4 cm³/mol. The Balaban J connectivity index is 0. The Morgan fingerprint density at radius 2 is 0.944 bits per heavy atom. The van der Waals surface area contributed by atoms with Crippen LogP contribution < -0.4 is 0 Å². The van der Waals surface area contributed by atoms with Gasteiger partial charge in [-0.1, -0.05) is 84.0 Å². The van der Waals surface area contributed by atoms with Crippen molar-refractivity contribution in [2.45, 2.75) is 96.8 Å². The number of carbonyl (C=O) groups excluding carboxylic acids is 1. The quantitative estimate of drug-likeness (QED) is 0.229.